The van der Waals surface area contributed by atoms with E-state index in [1.807, 2.05) is 84.4 Å². The molecule has 0 aliphatic rings. The quantitative estimate of drug-likeness (QED) is 0.301. The summed E-state index contributed by atoms with van der Waals surface area (Å²) in [6.07, 6.45) is 0. The zero-order valence-corrected chi connectivity index (χ0v) is 21.0. The highest BCUT2D eigenvalue weighted by atomic mass is 35.5. The molecule has 0 atom stereocenters. The van der Waals surface area contributed by atoms with E-state index in [4.69, 9.17) is 16.6 Å². The SMILES string of the molecule is Cc1c2c(=O)n(-c3nc4ccccc4s3)n(Cc3ccccc3)c2cc(=O)n1Cc1cccc(Cl)c1. The van der Waals surface area contributed by atoms with Gasteiger partial charge >= 0.3 is 0 Å². The average Bonchev–Trinajstić information content (AvgIpc) is 3.41. The number of aromatic nitrogens is 4. The fourth-order valence-corrected chi connectivity index (χ4v) is 5.80. The van der Waals surface area contributed by atoms with Crippen LogP contribution in [0.25, 0.3) is 26.3 Å². The monoisotopic (exact) mass is 512 g/mol. The summed E-state index contributed by atoms with van der Waals surface area (Å²) >= 11 is 7.62. The molecule has 0 spiro atoms. The van der Waals surface area contributed by atoms with Gasteiger partial charge in [0.05, 0.1) is 34.2 Å². The summed E-state index contributed by atoms with van der Waals surface area (Å²) in [5.74, 6) is 0. The van der Waals surface area contributed by atoms with Crippen LogP contribution in [0.15, 0.2) is 94.5 Å². The Morgan fingerprint density at radius 1 is 0.861 bits per heavy atom. The number of para-hydroxylation sites is 1. The van der Waals surface area contributed by atoms with Crippen LogP contribution < -0.4 is 11.1 Å². The van der Waals surface area contributed by atoms with Crippen LogP contribution in [0.5, 0.6) is 0 Å². The second kappa shape index (κ2) is 8.93. The number of nitrogens with zero attached hydrogens (tertiary/aromatic N) is 4. The lowest BCUT2D eigenvalue weighted by molar-refractivity contribution is 0.610. The predicted molar refractivity (Wildman–Crippen MR) is 146 cm³/mol. The summed E-state index contributed by atoms with van der Waals surface area (Å²) < 4.78 is 6.10. The third-order valence-corrected chi connectivity index (χ3v) is 7.59. The van der Waals surface area contributed by atoms with Gasteiger partial charge in [-0.3, -0.25) is 14.3 Å². The molecule has 6 nitrogen and oxygen atoms in total. The number of aryl methyl sites for hydroxylation is 1. The van der Waals surface area contributed by atoms with Gasteiger partial charge in [-0.25, -0.2) is 4.98 Å². The largest absolute Gasteiger partial charge is 0.308 e. The zero-order valence-electron chi connectivity index (χ0n) is 19.4. The highest BCUT2D eigenvalue weighted by Crippen LogP contribution is 2.26. The van der Waals surface area contributed by atoms with Crippen LogP contribution in [0.3, 0.4) is 0 Å². The molecule has 0 saturated carbocycles. The van der Waals surface area contributed by atoms with Gasteiger partial charge in [0.2, 0.25) is 5.13 Å². The van der Waals surface area contributed by atoms with Gasteiger partial charge < -0.3 is 4.57 Å². The Bertz CT molecular complexity index is 1830. The number of hydrogen-bond donors (Lipinski definition) is 0. The Morgan fingerprint density at radius 2 is 1.61 bits per heavy atom. The molecular formula is C28H21ClN4O2S. The molecule has 0 aliphatic heterocycles. The molecule has 3 aromatic heterocycles. The molecule has 0 amide bonds. The minimum absolute atomic E-state index is 0.178. The van der Waals surface area contributed by atoms with E-state index in [0.717, 1.165) is 21.3 Å². The van der Waals surface area contributed by atoms with Crippen LogP contribution in [0.4, 0.5) is 0 Å². The maximum absolute atomic E-state index is 14.0. The van der Waals surface area contributed by atoms with Crippen molar-refractivity contribution in [3.8, 4) is 5.13 Å². The molecule has 0 fully saturated rings. The number of rotatable bonds is 5. The number of fused-ring (bicyclic) bond motifs is 2. The number of thiazole rings is 1. The van der Waals surface area contributed by atoms with E-state index in [-0.39, 0.29) is 11.1 Å². The normalized spacial score (nSPS) is 11.5. The molecule has 3 aromatic carbocycles. The molecule has 6 rings (SSSR count). The van der Waals surface area contributed by atoms with E-state index < -0.39 is 0 Å². The number of benzene rings is 3. The fourth-order valence-electron chi connectivity index (χ4n) is 4.61. The van der Waals surface area contributed by atoms with Crippen molar-refractivity contribution in [2.45, 2.75) is 20.0 Å². The van der Waals surface area contributed by atoms with Crippen molar-refractivity contribution >= 4 is 44.1 Å². The lowest BCUT2D eigenvalue weighted by Crippen LogP contribution is -2.23. The van der Waals surface area contributed by atoms with Crippen LogP contribution in [-0.4, -0.2) is 18.9 Å². The van der Waals surface area contributed by atoms with E-state index >= 15 is 0 Å². The Balaban J connectivity index is 1.61. The molecule has 8 heteroatoms. The Labute approximate surface area is 215 Å². The smallest absolute Gasteiger partial charge is 0.283 e. The number of pyridine rings is 1. The van der Waals surface area contributed by atoms with Gasteiger partial charge in [-0.05, 0) is 42.3 Å². The standard InChI is InChI=1S/C28H21ClN4O2S/c1-18-26-23(15-25(34)31(18)16-20-10-7-11-21(29)14-20)32(17-19-8-3-2-4-9-19)33(27(26)35)28-30-22-12-5-6-13-24(22)36-28/h2-15H,16-17H2,1H3. The number of hydrogen-bond acceptors (Lipinski definition) is 4. The van der Waals surface area contributed by atoms with E-state index in [0.29, 0.717) is 39.8 Å². The number of halogens is 1. The summed E-state index contributed by atoms with van der Waals surface area (Å²) in [6.45, 7) is 2.57. The van der Waals surface area contributed by atoms with Gasteiger partial charge in [-0.2, -0.15) is 4.68 Å². The van der Waals surface area contributed by atoms with E-state index in [1.54, 1.807) is 21.4 Å². The Hall–Kier alpha value is -3.94. The summed E-state index contributed by atoms with van der Waals surface area (Å²) in [4.78, 5) is 32.1. The van der Waals surface area contributed by atoms with Gasteiger partial charge in [-0.1, -0.05) is 77.5 Å². The van der Waals surface area contributed by atoms with Crippen molar-refractivity contribution < 1.29 is 0 Å². The zero-order chi connectivity index (χ0) is 24.8. The Kier molecular flexibility index (Phi) is 5.59. The van der Waals surface area contributed by atoms with E-state index in [9.17, 15) is 9.59 Å². The summed E-state index contributed by atoms with van der Waals surface area (Å²) in [6, 6.07) is 26.7. The molecule has 36 heavy (non-hydrogen) atoms. The highest BCUT2D eigenvalue weighted by molar-refractivity contribution is 7.20. The topological polar surface area (TPSA) is 61.8 Å². The molecule has 6 aromatic rings. The second-order valence-electron chi connectivity index (χ2n) is 8.67. The van der Waals surface area contributed by atoms with E-state index in [1.165, 1.54) is 11.3 Å². The molecule has 0 radical (unpaired) electrons. The van der Waals surface area contributed by atoms with Crippen LogP contribution in [0.1, 0.15) is 16.8 Å². The van der Waals surface area contributed by atoms with Crippen molar-refractivity contribution in [1.82, 2.24) is 18.9 Å². The average molecular weight is 513 g/mol. The molecule has 0 saturated heterocycles. The first-order valence-electron chi connectivity index (χ1n) is 11.5. The van der Waals surface area contributed by atoms with Crippen LogP contribution in [0.2, 0.25) is 5.02 Å². The van der Waals surface area contributed by atoms with Crippen molar-refractivity contribution in [1.29, 1.82) is 0 Å². The first kappa shape index (κ1) is 22.5. The molecule has 0 aliphatic carbocycles. The van der Waals surface area contributed by atoms with Crippen molar-refractivity contribution in [3.05, 3.63) is 127 Å². The van der Waals surface area contributed by atoms with E-state index in [2.05, 4.69) is 0 Å². The lowest BCUT2D eigenvalue weighted by atomic mass is 10.2. The first-order chi connectivity index (χ1) is 17.5. The summed E-state index contributed by atoms with van der Waals surface area (Å²) in [5.41, 5.74) is 3.57. The minimum atomic E-state index is -0.197. The van der Waals surface area contributed by atoms with Crippen LogP contribution in [0, 0.1) is 6.92 Å². The first-order valence-corrected chi connectivity index (χ1v) is 12.7. The lowest BCUT2D eigenvalue weighted by Gasteiger charge is -2.13. The third kappa shape index (κ3) is 3.86. The van der Waals surface area contributed by atoms with Gasteiger partial charge in [0.15, 0.2) is 0 Å². The minimum Gasteiger partial charge on any atom is -0.308 e. The van der Waals surface area contributed by atoms with Gasteiger partial charge in [-0.15, -0.1) is 0 Å². The molecule has 0 unspecified atom stereocenters. The van der Waals surface area contributed by atoms with Crippen LogP contribution >= 0.6 is 22.9 Å². The second-order valence-corrected chi connectivity index (χ2v) is 10.1. The molecular weight excluding hydrogens is 492 g/mol. The summed E-state index contributed by atoms with van der Waals surface area (Å²) in [5, 5.41) is 1.68. The van der Waals surface area contributed by atoms with Crippen molar-refractivity contribution in [2.24, 2.45) is 0 Å². The highest BCUT2D eigenvalue weighted by Gasteiger charge is 2.22. The molecule has 0 bridgehead atoms. The third-order valence-electron chi connectivity index (χ3n) is 6.34. The molecule has 0 N–H and O–H groups in total. The molecule has 3 heterocycles. The van der Waals surface area contributed by atoms with Gasteiger partial charge in [0, 0.05) is 16.8 Å². The van der Waals surface area contributed by atoms with Gasteiger partial charge in [0.1, 0.15) is 0 Å². The maximum atomic E-state index is 14.0. The van der Waals surface area contributed by atoms with Crippen molar-refractivity contribution in [3.63, 3.8) is 0 Å². The van der Waals surface area contributed by atoms with Crippen LogP contribution in [-0.2, 0) is 13.1 Å². The fraction of sp³-hybridized carbons (Fsp3) is 0.107. The molecule has 178 valence electrons. The maximum Gasteiger partial charge on any atom is 0.283 e. The predicted octanol–water partition coefficient (Wildman–Crippen LogP) is 5.62. The van der Waals surface area contributed by atoms with Gasteiger partial charge in [0.25, 0.3) is 11.1 Å². The Morgan fingerprint density at radius 3 is 2.39 bits per heavy atom. The summed E-state index contributed by atoms with van der Waals surface area (Å²) in [7, 11) is 0. The van der Waals surface area contributed by atoms with Crippen molar-refractivity contribution in [2.75, 3.05) is 0 Å².